The molecule has 0 aliphatic rings. The van der Waals surface area contributed by atoms with E-state index in [1.807, 2.05) is 25.1 Å². The molecule has 6 nitrogen and oxygen atoms in total. The molecular weight excluding hydrogens is 328 g/mol. The molecule has 7 heteroatoms. The molecular formula is C17H17ClN4O2. The predicted molar refractivity (Wildman–Crippen MR) is 93.0 cm³/mol. The van der Waals surface area contributed by atoms with Gasteiger partial charge in [0.2, 0.25) is 5.91 Å². The van der Waals surface area contributed by atoms with E-state index in [0.29, 0.717) is 17.1 Å². The summed E-state index contributed by atoms with van der Waals surface area (Å²) in [5, 5.41) is 8.46. The predicted octanol–water partition coefficient (Wildman–Crippen LogP) is 2.01. The number of fused-ring (bicyclic) bond motifs is 1. The fourth-order valence-corrected chi connectivity index (χ4v) is 2.89. The molecule has 124 valence electrons. The fraction of sp³-hybridized carbons (Fsp3) is 0.235. The normalized spacial score (nSPS) is 11.0. The highest BCUT2D eigenvalue weighted by Gasteiger charge is 2.12. The number of nitrogens with zero attached hydrogens (tertiary/aromatic N) is 3. The lowest BCUT2D eigenvalue weighted by Gasteiger charge is -2.08. The first-order chi connectivity index (χ1) is 11.5. The van der Waals surface area contributed by atoms with Gasteiger partial charge in [0.1, 0.15) is 12.1 Å². The molecule has 2 aromatic heterocycles. The summed E-state index contributed by atoms with van der Waals surface area (Å²) >= 11 is 5.92. The highest BCUT2D eigenvalue weighted by Crippen LogP contribution is 2.13. The van der Waals surface area contributed by atoms with Crippen molar-refractivity contribution in [3.63, 3.8) is 0 Å². The maximum absolute atomic E-state index is 12.5. The summed E-state index contributed by atoms with van der Waals surface area (Å²) in [7, 11) is 1.72. The summed E-state index contributed by atoms with van der Waals surface area (Å²) in [6, 6.07) is 9.08. The van der Waals surface area contributed by atoms with E-state index in [0.717, 1.165) is 16.6 Å². The van der Waals surface area contributed by atoms with Crippen LogP contribution >= 0.6 is 11.6 Å². The Bertz CT molecular complexity index is 974. The van der Waals surface area contributed by atoms with E-state index in [1.54, 1.807) is 30.1 Å². The Morgan fingerprint density at radius 3 is 2.88 bits per heavy atom. The van der Waals surface area contributed by atoms with Crippen molar-refractivity contribution in [1.29, 1.82) is 0 Å². The molecule has 0 saturated carbocycles. The average molecular weight is 345 g/mol. The third-order valence-electron chi connectivity index (χ3n) is 3.85. The first-order valence-corrected chi connectivity index (χ1v) is 7.87. The smallest absolute Gasteiger partial charge is 0.277 e. The second kappa shape index (κ2) is 6.49. The van der Waals surface area contributed by atoms with E-state index in [4.69, 9.17) is 11.6 Å². The number of amides is 1. The third kappa shape index (κ3) is 3.19. The monoisotopic (exact) mass is 344 g/mol. The van der Waals surface area contributed by atoms with Crippen LogP contribution < -0.4 is 10.9 Å². The van der Waals surface area contributed by atoms with Gasteiger partial charge in [0.05, 0.1) is 5.69 Å². The number of carbonyl (C=O) groups is 1. The molecule has 0 saturated heterocycles. The number of pyridine rings is 1. The zero-order valence-electron chi connectivity index (χ0n) is 13.4. The van der Waals surface area contributed by atoms with Gasteiger partial charge in [-0.05, 0) is 30.7 Å². The molecule has 24 heavy (non-hydrogen) atoms. The molecule has 1 N–H and O–H groups in total. The zero-order chi connectivity index (χ0) is 17.3. The second-order valence-corrected chi connectivity index (χ2v) is 6.06. The number of aromatic nitrogens is 3. The summed E-state index contributed by atoms with van der Waals surface area (Å²) in [6.07, 6.45) is 1.62. The molecule has 0 aliphatic heterocycles. The van der Waals surface area contributed by atoms with Crippen molar-refractivity contribution in [2.45, 2.75) is 20.0 Å². The van der Waals surface area contributed by atoms with Crippen molar-refractivity contribution < 1.29 is 4.79 Å². The van der Waals surface area contributed by atoms with Gasteiger partial charge < -0.3 is 9.88 Å². The number of nitrogens with one attached hydrogen (secondary N) is 1. The van der Waals surface area contributed by atoms with Crippen LogP contribution in [-0.2, 0) is 24.9 Å². The lowest BCUT2D eigenvalue weighted by molar-refractivity contribution is -0.121. The molecule has 2 heterocycles. The highest BCUT2D eigenvalue weighted by molar-refractivity contribution is 6.30. The average Bonchev–Trinajstić information content (AvgIpc) is 2.83. The molecule has 0 aliphatic carbocycles. The molecule has 3 rings (SSSR count). The van der Waals surface area contributed by atoms with Crippen molar-refractivity contribution in [2.75, 3.05) is 0 Å². The number of rotatable bonds is 4. The van der Waals surface area contributed by atoms with Crippen LogP contribution in [0.4, 0.5) is 0 Å². The molecule has 0 fully saturated rings. The Hall–Kier alpha value is -2.60. The molecule has 0 spiro atoms. The van der Waals surface area contributed by atoms with Crippen molar-refractivity contribution in [3.8, 4) is 0 Å². The van der Waals surface area contributed by atoms with Crippen LogP contribution in [0.5, 0.6) is 0 Å². The number of benzene rings is 1. The van der Waals surface area contributed by atoms with Crippen molar-refractivity contribution in [1.82, 2.24) is 19.7 Å². The van der Waals surface area contributed by atoms with Crippen LogP contribution in [-0.4, -0.2) is 20.3 Å². The van der Waals surface area contributed by atoms with Crippen LogP contribution in [0.3, 0.4) is 0 Å². The minimum Gasteiger partial charge on any atom is -0.350 e. The Balaban J connectivity index is 1.75. The minimum absolute atomic E-state index is 0.0421. The highest BCUT2D eigenvalue weighted by atomic mass is 35.5. The van der Waals surface area contributed by atoms with Gasteiger partial charge in [0.15, 0.2) is 0 Å². The number of hydrogen-bond acceptors (Lipinski definition) is 3. The second-order valence-electron chi connectivity index (χ2n) is 5.63. The van der Waals surface area contributed by atoms with Crippen LogP contribution in [0, 0.1) is 6.92 Å². The molecule has 0 atom stereocenters. The van der Waals surface area contributed by atoms with Gasteiger partial charge in [-0.25, -0.2) is 0 Å². The van der Waals surface area contributed by atoms with Crippen molar-refractivity contribution in [3.05, 3.63) is 63.2 Å². The maximum Gasteiger partial charge on any atom is 0.277 e. The lowest BCUT2D eigenvalue weighted by Crippen LogP contribution is -2.32. The molecule has 0 unspecified atom stereocenters. The van der Waals surface area contributed by atoms with E-state index in [9.17, 15) is 9.59 Å². The van der Waals surface area contributed by atoms with Gasteiger partial charge in [-0.1, -0.05) is 23.7 Å². The van der Waals surface area contributed by atoms with E-state index < -0.39 is 0 Å². The number of carbonyl (C=O) groups excluding carboxylic acids is 1. The van der Waals surface area contributed by atoms with E-state index in [2.05, 4.69) is 10.4 Å². The quantitative estimate of drug-likeness (QED) is 0.787. The van der Waals surface area contributed by atoms with Gasteiger partial charge in [0, 0.05) is 30.2 Å². The maximum atomic E-state index is 12.5. The summed E-state index contributed by atoms with van der Waals surface area (Å²) in [5.41, 5.74) is 1.97. The zero-order valence-corrected chi connectivity index (χ0v) is 14.2. The Kier molecular flexibility index (Phi) is 4.40. The lowest BCUT2D eigenvalue weighted by atomic mass is 10.2. The topological polar surface area (TPSA) is 68.9 Å². The van der Waals surface area contributed by atoms with Crippen LogP contribution in [0.2, 0.25) is 5.02 Å². The molecule has 1 aromatic carbocycles. The van der Waals surface area contributed by atoms with Crippen molar-refractivity contribution >= 4 is 28.4 Å². The van der Waals surface area contributed by atoms with Crippen LogP contribution in [0.1, 0.15) is 11.3 Å². The minimum atomic E-state index is -0.240. The SMILES string of the molecule is Cc1nn(C)c2c(=O)n(CC(=O)NCc3cccc(Cl)c3)ccc12. The van der Waals surface area contributed by atoms with Crippen molar-refractivity contribution in [2.24, 2.45) is 7.05 Å². The van der Waals surface area contributed by atoms with Gasteiger partial charge in [-0.2, -0.15) is 5.10 Å². The largest absolute Gasteiger partial charge is 0.350 e. The Labute approximate surface area is 143 Å². The number of aryl methyl sites for hydroxylation is 2. The standard InChI is InChI=1S/C17H17ClN4O2/c1-11-14-6-7-22(17(24)16(14)21(2)20-11)10-15(23)19-9-12-4-3-5-13(18)8-12/h3-8H,9-10H2,1-2H3,(H,19,23). The summed E-state index contributed by atoms with van der Waals surface area (Å²) in [5.74, 6) is -0.240. The van der Waals surface area contributed by atoms with E-state index in [1.165, 1.54) is 4.57 Å². The van der Waals surface area contributed by atoms with Gasteiger partial charge in [-0.3, -0.25) is 14.3 Å². The van der Waals surface area contributed by atoms with Gasteiger partial charge >= 0.3 is 0 Å². The number of hydrogen-bond donors (Lipinski definition) is 1. The van der Waals surface area contributed by atoms with E-state index >= 15 is 0 Å². The first-order valence-electron chi connectivity index (χ1n) is 7.49. The Morgan fingerprint density at radius 2 is 2.12 bits per heavy atom. The summed E-state index contributed by atoms with van der Waals surface area (Å²) < 4.78 is 2.93. The van der Waals surface area contributed by atoms with Gasteiger partial charge in [0.25, 0.3) is 5.56 Å². The first kappa shape index (κ1) is 16.3. The third-order valence-corrected chi connectivity index (χ3v) is 4.08. The molecule has 3 aromatic rings. The molecule has 1 amide bonds. The number of halogens is 1. The van der Waals surface area contributed by atoms with E-state index in [-0.39, 0.29) is 18.0 Å². The van der Waals surface area contributed by atoms with Gasteiger partial charge in [-0.15, -0.1) is 0 Å². The Morgan fingerprint density at radius 1 is 1.33 bits per heavy atom. The van der Waals surface area contributed by atoms with Crippen LogP contribution in [0.15, 0.2) is 41.3 Å². The van der Waals surface area contributed by atoms with Crippen LogP contribution in [0.25, 0.3) is 10.9 Å². The fourth-order valence-electron chi connectivity index (χ4n) is 2.68. The molecule has 0 bridgehead atoms. The summed E-state index contributed by atoms with van der Waals surface area (Å²) in [6.45, 7) is 2.17. The molecule has 0 radical (unpaired) electrons. The summed E-state index contributed by atoms with van der Waals surface area (Å²) in [4.78, 5) is 24.6.